The molecule has 2 aromatic carbocycles. The monoisotopic (exact) mass is 391 g/mol. The molecule has 0 saturated carbocycles. The number of hydrogen-bond acceptors (Lipinski definition) is 4. The van der Waals surface area contributed by atoms with Crippen molar-refractivity contribution in [2.24, 2.45) is 7.05 Å². The van der Waals surface area contributed by atoms with Gasteiger partial charge in [-0.25, -0.2) is 4.98 Å². The quantitative estimate of drug-likeness (QED) is 0.670. The lowest BCUT2D eigenvalue weighted by molar-refractivity contribution is -0.122. The summed E-state index contributed by atoms with van der Waals surface area (Å²) in [7, 11) is 2.08. The van der Waals surface area contributed by atoms with Crippen molar-refractivity contribution in [3.63, 3.8) is 0 Å². The van der Waals surface area contributed by atoms with Crippen LogP contribution in [0.25, 0.3) is 11.0 Å². The van der Waals surface area contributed by atoms with Crippen molar-refractivity contribution in [3.8, 4) is 0 Å². The minimum absolute atomic E-state index is 0.115. The van der Waals surface area contributed by atoms with Crippen molar-refractivity contribution in [2.75, 3.05) is 39.3 Å². The molecule has 0 unspecified atom stereocenters. The maximum Gasteiger partial charge on any atom is 0.234 e. The molecule has 6 heteroatoms. The molecule has 1 amide bonds. The number of benzene rings is 2. The van der Waals surface area contributed by atoms with Gasteiger partial charge in [-0.2, -0.15) is 0 Å². The molecule has 1 N–H and O–H groups in total. The first-order chi connectivity index (χ1) is 14.2. The summed E-state index contributed by atoms with van der Waals surface area (Å²) < 4.78 is 2.18. The van der Waals surface area contributed by atoms with Gasteiger partial charge >= 0.3 is 0 Å². The average molecular weight is 392 g/mol. The van der Waals surface area contributed by atoms with Crippen molar-refractivity contribution in [1.29, 1.82) is 0 Å². The zero-order valence-corrected chi connectivity index (χ0v) is 17.1. The van der Waals surface area contributed by atoms with Crippen molar-refractivity contribution in [2.45, 2.75) is 13.0 Å². The van der Waals surface area contributed by atoms with E-state index in [-0.39, 0.29) is 5.91 Å². The number of hydrogen-bond donors (Lipinski definition) is 1. The molecule has 0 atom stereocenters. The third-order valence-corrected chi connectivity index (χ3v) is 5.66. The lowest BCUT2D eigenvalue weighted by atomic mass is 10.1. The molecule has 1 aliphatic rings. The molecule has 3 aromatic rings. The van der Waals surface area contributed by atoms with Gasteiger partial charge in [0.15, 0.2) is 0 Å². The maximum absolute atomic E-state index is 12.2. The molecular weight excluding hydrogens is 362 g/mol. The molecule has 0 bridgehead atoms. The molecule has 6 nitrogen and oxygen atoms in total. The van der Waals surface area contributed by atoms with E-state index in [9.17, 15) is 4.79 Å². The number of aryl methyl sites for hydroxylation is 1. The number of nitrogens with zero attached hydrogens (tertiary/aromatic N) is 4. The number of rotatable bonds is 7. The largest absolute Gasteiger partial charge is 0.355 e. The number of piperazine rings is 1. The van der Waals surface area contributed by atoms with Gasteiger partial charge in [0, 0.05) is 39.8 Å². The lowest BCUT2D eigenvalue weighted by Crippen LogP contribution is -2.49. The first-order valence-corrected chi connectivity index (χ1v) is 10.3. The van der Waals surface area contributed by atoms with E-state index in [0.717, 1.165) is 50.5 Å². The fourth-order valence-corrected chi connectivity index (χ4v) is 3.89. The lowest BCUT2D eigenvalue weighted by Gasteiger charge is -2.34. The molecular formula is C23H29N5O. The minimum atomic E-state index is 0.115. The van der Waals surface area contributed by atoms with Crippen LogP contribution in [-0.4, -0.2) is 64.5 Å². The van der Waals surface area contributed by atoms with Crippen LogP contribution in [0.5, 0.6) is 0 Å². The number of nitrogens with one attached hydrogen (secondary N) is 1. The van der Waals surface area contributed by atoms with Gasteiger partial charge in [0.05, 0.1) is 24.1 Å². The highest BCUT2D eigenvalue weighted by molar-refractivity contribution is 5.78. The fraction of sp³-hybridized carbons (Fsp3) is 0.391. The predicted octanol–water partition coefficient (Wildman–Crippen LogP) is 2.05. The summed E-state index contributed by atoms with van der Waals surface area (Å²) in [5.74, 6) is 1.21. The highest BCUT2D eigenvalue weighted by atomic mass is 16.2. The smallest absolute Gasteiger partial charge is 0.234 e. The molecule has 0 aliphatic carbocycles. The van der Waals surface area contributed by atoms with E-state index in [1.807, 2.05) is 24.3 Å². The summed E-state index contributed by atoms with van der Waals surface area (Å²) in [6.45, 7) is 5.76. The Kier molecular flexibility index (Phi) is 6.22. The highest BCUT2D eigenvalue weighted by Crippen LogP contribution is 2.16. The summed E-state index contributed by atoms with van der Waals surface area (Å²) in [5.41, 5.74) is 3.48. The Balaban J connectivity index is 1.20. The van der Waals surface area contributed by atoms with Gasteiger partial charge in [0.1, 0.15) is 5.82 Å². The molecule has 29 heavy (non-hydrogen) atoms. The number of aromatic nitrogens is 2. The van der Waals surface area contributed by atoms with Crippen molar-refractivity contribution < 1.29 is 4.79 Å². The second kappa shape index (κ2) is 9.20. The zero-order chi connectivity index (χ0) is 20.1. The Morgan fingerprint density at radius 1 is 0.966 bits per heavy atom. The zero-order valence-electron chi connectivity index (χ0n) is 17.1. The molecule has 0 radical (unpaired) electrons. The van der Waals surface area contributed by atoms with Gasteiger partial charge in [-0.15, -0.1) is 0 Å². The Labute approximate surface area is 172 Å². The summed E-state index contributed by atoms with van der Waals surface area (Å²) in [4.78, 5) is 21.7. The maximum atomic E-state index is 12.2. The molecule has 4 rings (SSSR count). The second-order valence-corrected chi connectivity index (χ2v) is 7.71. The normalized spacial score (nSPS) is 15.6. The van der Waals surface area contributed by atoms with Gasteiger partial charge < -0.3 is 9.88 Å². The van der Waals surface area contributed by atoms with E-state index < -0.39 is 0 Å². The molecule has 1 fully saturated rings. The van der Waals surface area contributed by atoms with E-state index in [2.05, 4.69) is 57.1 Å². The molecule has 0 spiro atoms. The number of imidazole rings is 1. The van der Waals surface area contributed by atoms with Crippen LogP contribution in [0, 0.1) is 0 Å². The number of fused-ring (bicyclic) bond motifs is 1. The van der Waals surface area contributed by atoms with Gasteiger partial charge in [0.2, 0.25) is 5.91 Å². The van der Waals surface area contributed by atoms with E-state index in [1.54, 1.807) is 0 Å². The second-order valence-electron chi connectivity index (χ2n) is 7.71. The Morgan fingerprint density at radius 3 is 2.41 bits per heavy atom. The summed E-state index contributed by atoms with van der Waals surface area (Å²) in [6.07, 6.45) is 0.873. The standard InChI is InChI=1S/C23H29N5O/c1-26-21-10-6-5-9-20(21)25-22(26)17-27-13-15-28(16-14-27)18-23(29)24-12-11-19-7-3-2-4-8-19/h2-10H,11-18H2,1H3,(H,24,29). The van der Waals surface area contributed by atoms with Crippen molar-refractivity contribution in [1.82, 2.24) is 24.7 Å². The van der Waals surface area contributed by atoms with Crippen LogP contribution in [0.4, 0.5) is 0 Å². The Morgan fingerprint density at radius 2 is 1.66 bits per heavy atom. The Hall–Kier alpha value is -2.70. The van der Waals surface area contributed by atoms with Crippen LogP contribution in [0.1, 0.15) is 11.4 Å². The van der Waals surface area contributed by atoms with Gasteiger partial charge in [-0.05, 0) is 24.1 Å². The van der Waals surface area contributed by atoms with Crippen LogP contribution < -0.4 is 5.32 Å². The summed E-state index contributed by atoms with van der Waals surface area (Å²) in [5, 5.41) is 3.04. The SMILES string of the molecule is Cn1c(CN2CCN(CC(=O)NCCc3ccccc3)CC2)nc2ccccc21. The van der Waals surface area contributed by atoms with Crippen molar-refractivity contribution in [3.05, 3.63) is 66.0 Å². The van der Waals surface area contributed by atoms with Crippen LogP contribution in [0.3, 0.4) is 0 Å². The number of para-hydroxylation sites is 2. The molecule has 2 heterocycles. The number of amides is 1. The van der Waals surface area contributed by atoms with Crippen LogP contribution in [0.15, 0.2) is 54.6 Å². The molecule has 1 aromatic heterocycles. The van der Waals surface area contributed by atoms with Crippen LogP contribution >= 0.6 is 0 Å². The summed E-state index contributed by atoms with van der Waals surface area (Å²) in [6, 6.07) is 18.5. The fourth-order valence-electron chi connectivity index (χ4n) is 3.89. The number of carbonyl (C=O) groups is 1. The van der Waals surface area contributed by atoms with E-state index in [1.165, 1.54) is 11.1 Å². The van der Waals surface area contributed by atoms with E-state index in [4.69, 9.17) is 4.98 Å². The highest BCUT2D eigenvalue weighted by Gasteiger charge is 2.20. The molecule has 152 valence electrons. The van der Waals surface area contributed by atoms with E-state index in [0.29, 0.717) is 13.1 Å². The third kappa shape index (κ3) is 5.02. The van der Waals surface area contributed by atoms with Gasteiger partial charge in [-0.1, -0.05) is 42.5 Å². The first kappa shape index (κ1) is 19.6. The van der Waals surface area contributed by atoms with Crippen molar-refractivity contribution >= 4 is 16.9 Å². The first-order valence-electron chi connectivity index (χ1n) is 10.3. The van der Waals surface area contributed by atoms with Gasteiger partial charge in [0.25, 0.3) is 0 Å². The Bertz CT molecular complexity index is 944. The summed E-state index contributed by atoms with van der Waals surface area (Å²) >= 11 is 0. The molecule has 1 saturated heterocycles. The third-order valence-electron chi connectivity index (χ3n) is 5.66. The van der Waals surface area contributed by atoms with Gasteiger partial charge in [-0.3, -0.25) is 14.6 Å². The topological polar surface area (TPSA) is 53.4 Å². The minimum Gasteiger partial charge on any atom is -0.355 e. The van der Waals surface area contributed by atoms with Crippen LogP contribution in [-0.2, 0) is 24.8 Å². The average Bonchev–Trinajstić information content (AvgIpc) is 3.06. The molecule has 1 aliphatic heterocycles. The van der Waals surface area contributed by atoms with Crippen LogP contribution in [0.2, 0.25) is 0 Å². The van der Waals surface area contributed by atoms with E-state index >= 15 is 0 Å². The predicted molar refractivity (Wildman–Crippen MR) is 116 cm³/mol. The number of carbonyl (C=O) groups excluding carboxylic acids is 1.